The van der Waals surface area contributed by atoms with Gasteiger partial charge in [0.1, 0.15) is 5.75 Å². The Kier molecular flexibility index (Phi) is 3.17. The van der Waals surface area contributed by atoms with E-state index < -0.39 is 0 Å². The molecule has 0 spiro atoms. The highest BCUT2D eigenvalue weighted by Gasteiger charge is 2.23. The van der Waals surface area contributed by atoms with Gasteiger partial charge in [0.2, 0.25) is 0 Å². The lowest BCUT2D eigenvalue weighted by molar-refractivity contribution is 0.467. The van der Waals surface area contributed by atoms with Gasteiger partial charge in [0, 0.05) is 11.3 Å². The Labute approximate surface area is 120 Å². The zero-order valence-electron chi connectivity index (χ0n) is 12.3. The monoisotopic (exact) mass is 267 g/mol. The van der Waals surface area contributed by atoms with Gasteiger partial charge in [0.15, 0.2) is 0 Å². The molecule has 2 N–H and O–H groups in total. The first-order valence-electron chi connectivity index (χ1n) is 7.21. The standard InChI is InChI=1S/C18H21NO/c1-11-4-6-14-7-9-17(15(14)10-11)19-16-8-5-12(2)18(20)13(16)3/h4-6,8,10,17,19-20H,7,9H2,1-3H3. The largest absolute Gasteiger partial charge is 0.507 e. The van der Waals surface area contributed by atoms with Crippen molar-refractivity contribution in [3.8, 4) is 5.75 Å². The summed E-state index contributed by atoms with van der Waals surface area (Å²) in [4.78, 5) is 0. The van der Waals surface area contributed by atoms with Gasteiger partial charge >= 0.3 is 0 Å². The summed E-state index contributed by atoms with van der Waals surface area (Å²) in [6, 6.07) is 11.1. The molecule has 104 valence electrons. The molecule has 0 heterocycles. The van der Waals surface area contributed by atoms with Gasteiger partial charge in [0.25, 0.3) is 0 Å². The molecule has 0 amide bonds. The second-order valence-corrected chi connectivity index (χ2v) is 5.84. The molecule has 2 heteroatoms. The summed E-state index contributed by atoms with van der Waals surface area (Å²) in [6.45, 7) is 6.04. The number of hydrogen-bond donors (Lipinski definition) is 2. The number of benzene rings is 2. The topological polar surface area (TPSA) is 32.3 Å². The van der Waals surface area contributed by atoms with Crippen molar-refractivity contribution in [2.24, 2.45) is 0 Å². The summed E-state index contributed by atoms with van der Waals surface area (Å²) in [5.74, 6) is 0.400. The van der Waals surface area contributed by atoms with E-state index in [1.54, 1.807) is 0 Å². The second kappa shape index (κ2) is 4.86. The zero-order valence-corrected chi connectivity index (χ0v) is 12.3. The Morgan fingerprint density at radius 3 is 2.70 bits per heavy atom. The van der Waals surface area contributed by atoms with Crippen LogP contribution in [0.5, 0.6) is 5.75 Å². The van der Waals surface area contributed by atoms with Crippen LogP contribution in [0, 0.1) is 20.8 Å². The average molecular weight is 267 g/mol. The fourth-order valence-electron chi connectivity index (χ4n) is 3.05. The van der Waals surface area contributed by atoms with Crippen LogP contribution in [-0.2, 0) is 6.42 Å². The van der Waals surface area contributed by atoms with E-state index >= 15 is 0 Å². The maximum atomic E-state index is 10.1. The molecule has 0 aromatic heterocycles. The van der Waals surface area contributed by atoms with Gasteiger partial charge in [-0.05, 0) is 56.4 Å². The van der Waals surface area contributed by atoms with Gasteiger partial charge in [-0.3, -0.25) is 0 Å². The lowest BCUT2D eigenvalue weighted by atomic mass is 10.0. The summed E-state index contributed by atoms with van der Waals surface area (Å²) in [6.07, 6.45) is 2.25. The molecule has 2 aromatic carbocycles. The first-order chi connectivity index (χ1) is 9.56. The van der Waals surface area contributed by atoms with E-state index in [2.05, 4.69) is 36.5 Å². The van der Waals surface area contributed by atoms with Crippen molar-refractivity contribution in [2.75, 3.05) is 5.32 Å². The van der Waals surface area contributed by atoms with Crippen molar-refractivity contribution in [3.05, 3.63) is 58.1 Å². The van der Waals surface area contributed by atoms with E-state index in [1.807, 2.05) is 19.9 Å². The minimum absolute atomic E-state index is 0.353. The molecule has 0 radical (unpaired) electrons. The van der Waals surface area contributed by atoms with E-state index in [0.29, 0.717) is 11.8 Å². The van der Waals surface area contributed by atoms with Crippen LogP contribution in [0.3, 0.4) is 0 Å². The van der Waals surface area contributed by atoms with Crippen LogP contribution in [0.2, 0.25) is 0 Å². The lowest BCUT2D eigenvalue weighted by Crippen LogP contribution is -2.08. The van der Waals surface area contributed by atoms with Crippen molar-refractivity contribution in [3.63, 3.8) is 0 Å². The summed E-state index contributed by atoms with van der Waals surface area (Å²) in [7, 11) is 0. The van der Waals surface area contributed by atoms with Crippen molar-refractivity contribution in [1.29, 1.82) is 0 Å². The second-order valence-electron chi connectivity index (χ2n) is 5.84. The van der Waals surface area contributed by atoms with Crippen LogP contribution in [-0.4, -0.2) is 5.11 Å². The zero-order chi connectivity index (χ0) is 14.3. The van der Waals surface area contributed by atoms with Gasteiger partial charge in [-0.15, -0.1) is 0 Å². The minimum Gasteiger partial charge on any atom is -0.507 e. The molecular weight excluding hydrogens is 246 g/mol. The lowest BCUT2D eigenvalue weighted by Gasteiger charge is -2.19. The van der Waals surface area contributed by atoms with E-state index in [0.717, 1.165) is 29.7 Å². The molecule has 3 rings (SSSR count). The van der Waals surface area contributed by atoms with E-state index in [-0.39, 0.29) is 0 Å². The fraction of sp³-hybridized carbons (Fsp3) is 0.333. The van der Waals surface area contributed by atoms with Gasteiger partial charge < -0.3 is 10.4 Å². The molecule has 0 saturated heterocycles. The van der Waals surface area contributed by atoms with Crippen molar-refractivity contribution in [2.45, 2.75) is 39.7 Å². The highest BCUT2D eigenvalue weighted by atomic mass is 16.3. The highest BCUT2D eigenvalue weighted by molar-refractivity contribution is 5.60. The third kappa shape index (κ3) is 2.15. The van der Waals surface area contributed by atoms with Crippen LogP contribution in [0.4, 0.5) is 5.69 Å². The average Bonchev–Trinajstić information content (AvgIpc) is 2.82. The van der Waals surface area contributed by atoms with E-state index in [4.69, 9.17) is 0 Å². The Hall–Kier alpha value is -1.96. The van der Waals surface area contributed by atoms with Crippen LogP contribution in [0.15, 0.2) is 30.3 Å². The molecule has 1 atom stereocenters. The number of fused-ring (bicyclic) bond motifs is 1. The summed E-state index contributed by atoms with van der Waals surface area (Å²) in [5.41, 5.74) is 7.06. The Balaban J connectivity index is 1.91. The normalized spacial score (nSPS) is 17.1. The van der Waals surface area contributed by atoms with Crippen LogP contribution < -0.4 is 5.32 Å². The number of aryl methyl sites for hydroxylation is 3. The summed E-state index contributed by atoms with van der Waals surface area (Å²) in [5, 5.41) is 13.7. The Morgan fingerprint density at radius 2 is 1.90 bits per heavy atom. The Morgan fingerprint density at radius 1 is 1.10 bits per heavy atom. The number of nitrogens with one attached hydrogen (secondary N) is 1. The maximum Gasteiger partial charge on any atom is 0.123 e. The number of phenols is 1. The minimum atomic E-state index is 0.353. The molecule has 1 aliphatic carbocycles. The van der Waals surface area contributed by atoms with Crippen LogP contribution in [0.1, 0.15) is 40.3 Å². The SMILES string of the molecule is Cc1ccc2c(c1)C(Nc1ccc(C)c(O)c1C)CC2. The van der Waals surface area contributed by atoms with E-state index in [9.17, 15) is 5.11 Å². The molecule has 2 aromatic rings. The molecule has 0 saturated carbocycles. The number of rotatable bonds is 2. The van der Waals surface area contributed by atoms with E-state index in [1.165, 1.54) is 16.7 Å². The first-order valence-corrected chi connectivity index (χ1v) is 7.21. The quantitative estimate of drug-likeness (QED) is 0.844. The summed E-state index contributed by atoms with van der Waals surface area (Å²) < 4.78 is 0. The number of phenolic OH excluding ortho intramolecular Hbond substituents is 1. The van der Waals surface area contributed by atoms with Crippen LogP contribution in [0.25, 0.3) is 0 Å². The van der Waals surface area contributed by atoms with Crippen molar-refractivity contribution < 1.29 is 5.11 Å². The number of hydrogen-bond acceptors (Lipinski definition) is 2. The third-order valence-electron chi connectivity index (χ3n) is 4.34. The molecule has 1 unspecified atom stereocenters. The predicted molar refractivity (Wildman–Crippen MR) is 83.4 cm³/mol. The smallest absolute Gasteiger partial charge is 0.123 e. The first kappa shape index (κ1) is 13.0. The third-order valence-corrected chi connectivity index (χ3v) is 4.34. The van der Waals surface area contributed by atoms with Crippen molar-refractivity contribution >= 4 is 5.69 Å². The Bertz CT molecular complexity index is 661. The fourth-order valence-corrected chi connectivity index (χ4v) is 3.05. The number of anilines is 1. The predicted octanol–water partition coefficient (Wildman–Crippen LogP) is 4.42. The van der Waals surface area contributed by atoms with Gasteiger partial charge in [0.05, 0.1) is 6.04 Å². The molecule has 0 fully saturated rings. The molecule has 2 nitrogen and oxygen atoms in total. The highest BCUT2D eigenvalue weighted by Crippen LogP contribution is 2.37. The van der Waals surface area contributed by atoms with Gasteiger partial charge in [-0.2, -0.15) is 0 Å². The molecule has 0 aliphatic heterocycles. The van der Waals surface area contributed by atoms with Crippen molar-refractivity contribution in [1.82, 2.24) is 0 Å². The summed E-state index contributed by atoms with van der Waals surface area (Å²) >= 11 is 0. The number of aromatic hydroxyl groups is 1. The van der Waals surface area contributed by atoms with Crippen LogP contribution >= 0.6 is 0 Å². The van der Waals surface area contributed by atoms with Gasteiger partial charge in [-0.25, -0.2) is 0 Å². The molecule has 20 heavy (non-hydrogen) atoms. The molecule has 1 aliphatic rings. The maximum absolute atomic E-state index is 10.1. The molecule has 0 bridgehead atoms. The molecular formula is C18H21NO. The van der Waals surface area contributed by atoms with Gasteiger partial charge in [-0.1, -0.05) is 29.8 Å².